The summed E-state index contributed by atoms with van der Waals surface area (Å²) in [5.41, 5.74) is 2.40. The molecule has 0 radical (unpaired) electrons. The fourth-order valence-electron chi connectivity index (χ4n) is 2.16. The Morgan fingerprint density at radius 1 is 0.455 bits per heavy atom. The number of fused-ring (bicyclic) bond motifs is 1. The Kier molecular flexibility index (Phi) is 4.47. The maximum absolute atomic E-state index is 13.1. The standard InChI is InChI=1S/C16H8F2Se4/c17-11-5-1-9(2-6-11)13-15-16(22-19-13)14(20-21-15)10-3-7-12(18)8-4-10/h1-8H. The minimum absolute atomic E-state index is 0.172. The van der Waals surface area contributed by atoms with Gasteiger partial charge in [0.15, 0.2) is 0 Å². The van der Waals surface area contributed by atoms with Crippen molar-refractivity contribution in [2.45, 2.75) is 0 Å². The van der Waals surface area contributed by atoms with Gasteiger partial charge in [-0.1, -0.05) is 0 Å². The van der Waals surface area contributed by atoms with E-state index in [9.17, 15) is 8.78 Å². The van der Waals surface area contributed by atoms with Crippen molar-refractivity contribution in [2.24, 2.45) is 0 Å². The molecule has 2 aromatic rings. The summed E-state index contributed by atoms with van der Waals surface area (Å²) in [6.45, 7) is 0. The normalized spacial score (nSPS) is 17.4. The zero-order chi connectivity index (χ0) is 15.1. The quantitative estimate of drug-likeness (QED) is 0.502. The van der Waals surface area contributed by atoms with Crippen LogP contribution in [-0.4, -0.2) is 52.5 Å². The molecule has 0 saturated heterocycles. The first-order chi connectivity index (χ1) is 10.7. The molecule has 0 amide bonds. The molecule has 0 saturated carbocycles. The van der Waals surface area contributed by atoms with Gasteiger partial charge in [0.25, 0.3) is 0 Å². The van der Waals surface area contributed by atoms with Gasteiger partial charge in [-0.05, 0) is 0 Å². The second-order valence-corrected chi connectivity index (χ2v) is 16.8. The second kappa shape index (κ2) is 6.40. The Morgan fingerprint density at radius 2 is 0.773 bits per heavy atom. The summed E-state index contributed by atoms with van der Waals surface area (Å²) in [7, 11) is 0. The monoisotopic (exact) mass is 558 g/mol. The Hall–Kier alpha value is -0.142. The fraction of sp³-hybridized carbons (Fsp3) is 0. The Morgan fingerprint density at radius 3 is 1.14 bits per heavy atom. The van der Waals surface area contributed by atoms with E-state index in [0.29, 0.717) is 52.5 Å². The third-order valence-electron chi connectivity index (χ3n) is 3.25. The van der Waals surface area contributed by atoms with E-state index in [1.54, 1.807) is 33.2 Å². The number of rotatable bonds is 2. The molecule has 0 aromatic heterocycles. The van der Waals surface area contributed by atoms with E-state index < -0.39 is 0 Å². The van der Waals surface area contributed by atoms with Gasteiger partial charge in [-0.15, -0.1) is 0 Å². The Labute approximate surface area is 149 Å². The number of halogens is 2. The molecule has 0 unspecified atom stereocenters. The van der Waals surface area contributed by atoms with Crippen LogP contribution < -0.4 is 0 Å². The number of hydrogen-bond acceptors (Lipinski definition) is 0. The molecule has 6 heteroatoms. The van der Waals surface area contributed by atoms with Crippen molar-refractivity contribution >= 4 is 61.5 Å². The Balaban J connectivity index is 1.76. The summed E-state index contributed by atoms with van der Waals surface area (Å²) in [6.07, 6.45) is 0. The van der Waals surface area contributed by atoms with Crippen LogP contribution in [0, 0.1) is 11.6 Å². The first kappa shape index (κ1) is 15.4. The number of hydrogen-bond donors (Lipinski definition) is 0. The van der Waals surface area contributed by atoms with Crippen LogP contribution in [0.1, 0.15) is 11.1 Å². The molecule has 2 aliphatic heterocycles. The van der Waals surface area contributed by atoms with Crippen LogP contribution in [0.15, 0.2) is 57.5 Å². The molecule has 2 aliphatic rings. The topological polar surface area (TPSA) is 0 Å². The number of allylic oxidation sites excluding steroid dienone is 2. The molecular formula is C16H8F2Se4. The molecule has 22 heavy (non-hydrogen) atoms. The van der Waals surface area contributed by atoms with E-state index >= 15 is 0 Å². The predicted octanol–water partition coefficient (Wildman–Crippen LogP) is 2.68. The van der Waals surface area contributed by atoms with Crippen molar-refractivity contribution in [3.8, 4) is 0 Å². The van der Waals surface area contributed by atoms with Crippen molar-refractivity contribution in [3.63, 3.8) is 0 Å². The van der Waals surface area contributed by atoms with E-state index in [-0.39, 0.29) is 11.6 Å². The van der Waals surface area contributed by atoms with Gasteiger partial charge >= 0.3 is 150 Å². The summed E-state index contributed by atoms with van der Waals surface area (Å²) < 4.78 is 32.3. The van der Waals surface area contributed by atoms with Crippen LogP contribution in [0.3, 0.4) is 0 Å². The van der Waals surface area contributed by atoms with Gasteiger partial charge in [-0.25, -0.2) is 0 Å². The van der Waals surface area contributed by atoms with Gasteiger partial charge in [0, 0.05) is 0 Å². The van der Waals surface area contributed by atoms with Crippen LogP contribution >= 0.6 is 0 Å². The summed E-state index contributed by atoms with van der Waals surface area (Å²) in [4.78, 5) is 0. The third kappa shape index (κ3) is 2.84. The molecule has 0 N–H and O–H groups in total. The van der Waals surface area contributed by atoms with Gasteiger partial charge in [0.2, 0.25) is 0 Å². The molecule has 0 atom stereocenters. The van der Waals surface area contributed by atoms with Gasteiger partial charge < -0.3 is 0 Å². The molecule has 0 fully saturated rings. The predicted molar refractivity (Wildman–Crippen MR) is 89.7 cm³/mol. The van der Waals surface area contributed by atoms with Crippen molar-refractivity contribution in [3.05, 3.63) is 80.2 Å². The van der Waals surface area contributed by atoms with Crippen molar-refractivity contribution in [2.75, 3.05) is 0 Å². The molecular weight excluding hydrogens is 546 g/mol. The Bertz CT molecular complexity index is 722. The third-order valence-corrected chi connectivity index (χ3v) is 19.6. The van der Waals surface area contributed by atoms with Crippen LogP contribution in [-0.2, 0) is 0 Å². The summed E-state index contributed by atoms with van der Waals surface area (Å²) in [5, 5.41) is 0. The average Bonchev–Trinajstić information content (AvgIpc) is 3.11. The summed E-state index contributed by atoms with van der Waals surface area (Å²) >= 11 is 2.05. The summed E-state index contributed by atoms with van der Waals surface area (Å²) in [5.74, 6) is -0.344. The van der Waals surface area contributed by atoms with Crippen molar-refractivity contribution in [1.82, 2.24) is 0 Å². The first-order valence-electron chi connectivity index (χ1n) is 6.42. The number of benzene rings is 2. The minimum atomic E-state index is -0.172. The van der Waals surface area contributed by atoms with Crippen molar-refractivity contribution < 1.29 is 8.78 Å². The second-order valence-electron chi connectivity index (χ2n) is 4.66. The molecule has 2 aromatic carbocycles. The van der Waals surface area contributed by atoms with E-state index in [2.05, 4.69) is 0 Å². The fourth-order valence-corrected chi connectivity index (χ4v) is 29.0. The first-order valence-corrected chi connectivity index (χ1v) is 18.5. The van der Waals surface area contributed by atoms with Crippen molar-refractivity contribution in [1.29, 1.82) is 0 Å². The zero-order valence-corrected chi connectivity index (χ0v) is 17.9. The van der Waals surface area contributed by atoms with E-state index in [1.165, 1.54) is 20.1 Å². The van der Waals surface area contributed by atoms with Crippen LogP contribution in [0.2, 0.25) is 0 Å². The van der Waals surface area contributed by atoms with Crippen LogP contribution in [0.5, 0.6) is 0 Å². The van der Waals surface area contributed by atoms with E-state index in [0.717, 1.165) is 0 Å². The molecule has 2 heterocycles. The molecule has 4 rings (SSSR count). The summed E-state index contributed by atoms with van der Waals surface area (Å²) in [6, 6.07) is 13.9. The van der Waals surface area contributed by atoms with Gasteiger partial charge in [-0.3, -0.25) is 0 Å². The molecule has 0 spiro atoms. The molecule has 0 nitrogen and oxygen atoms in total. The van der Waals surface area contributed by atoms with Gasteiger partial charge in [0.1, 0.15) is 0 Å². The van der Waals surface area contributed by atoms with Gasteiger partial charge in [0.05, 0.1) is 0 Å². The van der Waals surface area contributed by atoms with Crippen LogP contribution in [0.25, 0.3) is 8.94 Å². The SMILES string of the molecule is Fc1ccc(C2=C3[Se][Se]C(c4ccc(F)cc4)=C3[Se][Se]2)cc1. The molecule has 0 aliphatic carbocycles. The van der Waals surface area contributed by atoms with Crippen LogP contribution in [0.4, 0.5) is 8.78 Å². The average molecular weight is 554 g/mol. The molecule has 110 valence electrons. The molecule has 0 bridgehead atoms. The zero-order valence-electron chi connectivity index (χ0n) is 11.0. The maximum atomic E-state index is 13.1. The van der Waals surface area contributed by atoms with Gasteiger partial charge in [-0.2, -0.15) is 0 Å². The van der Waals surface area contributed by atoms with E-state index in [1.807, 2.05) is 24.3 Å². The van der Waals surface area contributed by atoms with E-state index in [4.69, 9.17) is 0 Å².